The van der Waals surface area contributed by atoms with Crippen LogP contribution in [0.2, 0.25) is 0 Å². The highest BCUT2D eigenvalue weighted by atomic mass is 32.2. The Bertz CT molecular complexity index is 369. The van der Waals surface area contributed by atoms with Crippen molar-refractivity contribution in [1.29, 1.82) is 0 Å². The molecule has 1 aromatic rings. The maximum absolute atomic E-state index is 11.8. The zero-order valence-electron chi connectivity index (χ0n) is 9.96. The molecule has 0 spiro atoms. The van der Waals surface area contributed by atoms with Crippen molar-refractivity contribution in [3.8, 4) is 0 Å². The molecule has 0 aliphatic carbocycles. The molecule has 1 amide bonds. The molecule has 1 aliphatic heterocycles. The number of thioether (sulfide) groups is 1. The number of rotatable bonds is 5. The number of benzene rings is 1. The van der Waals surface area contributed by atoms with Crippen LogP contribution in [0.25, 0.3) is 0 Å². The van der Waals surface area contributed by atoms with Crippen molar-refractivity contribution < 1.29 is 9.53 Å². The maximum atomic E-state index is 11.8. The van der Waals surface area contributed by atoms with E-state index < -0.39 is 0 Å². The predicted molar refractivity (Wildman–Crippen MR) is 69.8 cm³/mol. The fraction of sp³-hybridized carbons (Fsp3) is 0.462. The Balaban J connectivity index is 2.03. The SMILES string of the molecule is CCOCCN1C(=O)CSC1c1ccccc1. The molecule has 0 aromatic heterocycles. The lowest BCUT2D eigenvalue weighted by molar-refractivity contribution is -0.128. The van der Waals surface area contributed by atoms with Crippen molar-refractivity contribution in [3.05, 3.63) is 35.9 Å². The average Bonchev–Trinajstić information content (AvgIpc) is 2.73. The Hall–Kier alpha value is -1.00. The van der Waals surface area contributed by atoms with Gasteiger partial charge in [-0.25, -0.2) is 0 Å². The van der Waals surface area contributed by atoms with Crippen LogP contribution in [0.3, 0.4) is 0 Å². The van der Waals surface area contributed by atoms with Crippen LogP contribution in [0.5, 0.6) is 0 Å². The maximum Gasteiger partial charge on any atom is 0.233 e. The van der Waals surface area contributed by atoms with Gasteiger partial charge in [-0.2, -0.15) is 0 Å². The van der Waals surface area contributed by atoms with Gasteiger partial charge in [-0.05, 0) is 12.5 Å². The fourth-order valence-corrected chi connectivity index (χ4v) is 3.12. The second kappa shape index (κ2) is 6.07. The summed E-state index contributed by atoms with van der Waals surface area (Å²) in [4.78, 5) is 13.7. The Labute approximate surface area is 106 Å². The highest BCUT2D eigenvalue weighted by Crippen LogP contribution is 2.37. The van der Waals surface area contributed by atoms with E-state index in [1.807, 2.05) is 30.0 Å². The van der Waals surface area contributed by atoms with Crippen molar-refractivity contribution in [2.45, 2.75) is 12.3 Å². The molecule has 2 rings (SSSR count). The van der Waals surface area contributed by atoms with Crippen LogP contribution in [0, 0.1) is 0 Å². The van der Waals surface area contributed by atoms with E-state index in [0.717, 1.165) is 0 Å². The largest absolute Gasteiger partial charge is 0.380 e. The minimum Gasteiger partial charge on any atom is -0.380 e. The van der Waals surface area contributed by atoms with E-state index in [2.05, 4.69) is 12.1 Å². The van der Waals surface area contributed by atoms with Gasteiger partial charge in [0.2, 0.25) is 5.91 Å². The van der Waals surface area contributed by atoms with Gasteiger partial charge in [0.05, 0.1) is 12.4 Å². The Morgan fingerprint density at radius 2 is 2.18 bits per heavy atom. The third kappa shape index (κ3) is 3.01. The average molecular weight is 251 g/mol. The topological polar surface area (TPSA) is 29.5 Å². The quantitative estimate of drug-likeness (QED) is 0.752. The highest BCUT2D eigenvalue weighted by Gasteiger charge is 2.32. The Kier molecular flexibility index (Phi) is 4.45. The first kappa shape index (κ1) is 12.5. The van der Waals surface area contributed by atoms with E-state index in [9.17, 15) is 4.79 Å². The molecule has 17 heavy (non-hydrogen) atoms. The molecule has 92 valence electrons. The lowest BCUT2D eigenvalue weighted by atomic mass is 10.2. The molecule has 1 saturated heterocycles. The van der Waals surface area contributed by atoms with Gasteiger partial charge in [0.25, 0.3) is 0 Å². The van der Waals surface area contributed by atoms with Crippen molar-refractivity contribution in [3.63, 3.8) is 0 Å². The van der Waals surface area contributed by atoms with Crippen molar-refractivity contribution in [1.82, 2.24) is 4.90 Å². The van der Waals surface area contributed by atoms with E-state index in [0.29, 0.717) is 25.5 Å². The summed E-state index contributed by atoms with van der Waals surface area (Å²) < 4.78 is 5.32. The van der Waals surface area contributed by atoms with E-state index in [1.54, 1.807) is 11.8 Å². The number of carbonyl (C=O) groups excluding carboxylic acids is 1. The normalized spacial score (nSPS) is 19.9. The summed E-state index contributed by atoms with van der Waals surface area (Å²) in [5.74, 6) is 0.787. The molecule has 1 aromatic carbocycles. The van der Waals surface area contributed by atoms with Crippen LogP contribution in [-0.4, -0.2) is 36.3 Å². The lowest BCUT2D eigenvalue weighted by Gasteiger charge is -2.24. The summed E-state index contributed by atoms with van der Waals surface area (Å²) in [5.41, 5.74) is 1.19. The van der Waals surface area contributed by atoms with E-state index in [4.69, 9.17) is 4.74 Å². The third-order valence-electron chi connectivity index (χ3n) is 2.73. The summed E-state index contributed by atoms with van der Waals surface area (Å²) in [7, 11) is 0. The summed E-state index contributed by atoms with van der Waals surface area (Å²) in [5, 5.41) is 0.157. The van der Waals surface area contributed by atoms with Gasteiger partial charge in [-0.15, -0.1) is 11.8 Å². The van der Waals surface area contributed by atoms with Gasteiger partial charge in [-0.1, -0.05) is 30.3 Å². The zero-order chi connectivity index (χ0) is 12.1. The molecule has 0 bridgehead atoms. The van der Waals surface area contributed by atoms with Crippen molar-refractivity contribution in [2.24, 2.45) is 0 Å². The predicted octanol–water partition coefficient (Wildman–Crippen LogP) is 2.30. The van der Waals surface area contributed by atoms with Gasteiger partial charge in [0, 0.05) is 13.2 Å². The van der Waals surface area contributed by atoms with Crippen LogP contribution in [0.15, 0.2) is 30.3 Å². The van der Waals surface area contributed by atoms with E-state index in [1.165, 1.54) is 5.56 Å². The van der Waals surface area contributed by atoms with Gasteiger partial charge in [0.15, 0.2) is 0 Å². The summed E-state index contributed by atoms with van der Waals surface area (Å²) in [6.45, 7) is 3.96. The lowest BCUT2D eigenvalue weighted by Crippen LogP contribution is -2.31. The van der Waals surface area contributed by atoms with Crippen LogP contribution < -0.4 is 0 Å². The van der Waals surface area contributed by atoms with Crippen molar-refractivity contribution >= 4 is 17.7 Å². The first-order valence-electron chi connectivity index (χ1n) is 5.86. The van der Waals surface area contributed by atoms with E-state index in [-0.39, 0.29) is 11.3 Å². The number of ether oxygens (including phenoxy) is 1. The summed E-state index contributed by atoms with van der Waals surface area (Å²) in [6.07, 6.45) is 0. The molecule has 0 saturated carbocycles. The molecule has 4 heteroatoms. The molecule has 1 fully saturated rings. The number of hydrogen-bond acceptors (Lipinski definition) is 3. The minimum absolute atomic E-state index is 0.157. The second-order valence-electron chi connectivity index (χ2n) is 3.86. The molecule has 1 atom stereocenters. The zero-order valence-corrected chi connectivity index (χ0v) is 10.8. The first-order valence-corrected chi connectivity index (χ1v) is 6.91. The molecule has 1 unspecified atom stereocenters. The standard InChI is InChI=1S/C13H17NO2S/c1-2-16-9-8-14-12(15)10-17-13(14)11-6-4-3-5-7-11/h3-7,13H,2,8-10H2,1H3. The number of nitrogens with zero attached hydrogens (tertiary/aromatic N) is 1. The number of amides is 1. The first-order chi connectivity index (χ1) is 8.33. The molecule has 3 nitrogen and oxygen atoms in total. The number of carbonyl (C=O) groups is 1. The second-order valence-corrected chi connectivity index (χ2v) is 4.93. The van der Waals surface area contributed by atoms with Gasteiger partial charge in [-0.3, -0.25) is 4.79 Å². The molecule has 1 heterocycles. The monoisotopic (exact) mass is 251 g/mol. The molecular formula is C13H17NO2S. The van der Waals surface area contributed by atoms with Gasteiger partial charge in [0.1, 0.15) is 5.37 Å². The summed E-state index contributed by atoms with van der Waals surface area (Å²) in [6, 6.07) is 10.2. The van der Waals surface area contributed by atoms with Crippen LogP contribution in [0.4, 0.5) is 0 Å². The van der Waals surface area contributed by atoms with Crippen LogP contribution in [0.1, 0.15) is 17.9 Å². The minimum atomic E-state index is 0.157. The smallest absolute Gasteiger partial charge is 0.233 e. The van der Waals surface area contributed by atoms with Crippen LogP contribution >= 0.6 is 11.8 Å². The third-order valence-corrected chi connectivity index (χ3v) is 3.99. The van der Waals surface area contributed by atoms with Crippen molar-refractivity contribution in [2.75, 3.05) is 25.5 Å². The number of hydrogen-bond donors (Lipinski definition) is 0. The van der Waals surface area contributed by atoms with Gasteiger partial charge < -0.3 is 9.64 Å². The molecule has 0 N–H and O–H groups in total. The molecular weight excluding hydrogens is 234 g/mol. The van der Waals surface area contributed by atoms with Gasteiger partial charge >= 0.3 is 0 Å². The molecule has 0 radical (unpaired) electrons. The highest BCUT2D eigenvalue weighted by molar-refractivity contribution is 8.00. The van der Waals surface area contributed by atoms with Crippen LogP contribution in [-0.2, 0) is 9.53 Å². The Morgan fingerprint density at radius 1 is 1.41 bits per heavy atom. The Morgan fingerprint density at radius 3 is 2.88 bits per heavy atom. The molecule has 1 aliphatic rings. The fourth-order valence-electron chi connectivity index (χ4n) is 1.90. The summed E-state index contributed by atoms with van der Waals surface area (Å²) >= 11 is 1.69. The van der Waals surface area contributed by atoms with E-state index >= 15 is 0 Å².